The molecule has 240 valence electrons. The Morgan fingerprint density at radius 2 is 1.70 bits per heavy atom. The molecule has 2 aliphatic heterocycles. The number of rotatable bonds is 9. The highest BCUT2D eigenvalue weighted by Crippen LogP contribution is 2.46. The summed E-state index contributed by atoms with van der Waals surface area (Å²) >= 11 is 3.49. The smallest absolute Gasteiger partial charge is 0.264 e. The normalized spacial score (nSPS) is 19.4. The first-order chi connectivity index (χ1) is 22.7. The molecule has 9 heteroatoms. The fourth-order valence-corrected chi connectivity index (χ4v) is 6.78. The maximum Gasteiger partial charge on any atom is 0.264 e. The Morgan fingerprint density at radius 3 is 2.43 bits per heavy atom. The van der Waals surface area contributed by atoms with Gasteiger partial charge in [0.05, 0.1) is 24.9 Å². The van der Waals surface area contributed by atoms with Crippen LogP contribution in [0.25, 0.3) is 0 Å². The Morgan fingerprint density at radius 1 is 1.00 bits per heavy atom. The van der Waals surface area contributed by atoms with Crippen molar-refractivity contribution in [1.29, 1.82) is 0 Å². The topological polar surface area (TPSA) is 110 Å². The first kappa shape index (κ1) is 32.4. The van der Waals surface area contributed by atoms with Crippen molar-refractivity contribution in [2.45, 2.75) is 44.5 Å². The van der Waals surface area contributed by atoms with Crippen LogP contribution in [0.2, 0.25) is 0 Å². The second-order valence-electron chi connectivity index (χ2n) is 12.1. The molecule has 0 spiro atoms. The summed E-state index contributed by atoms with van der Waals surface area (Å²) in [6, 6.07) is 29.3. The molecule has 2 aliphatic rings. The van der Waals surface area contributed by atoms with Crippen LogP contribution >= 0.6 is 15.9 Å². The molecule has 0 unspecified atom stereocenters. The molecule has 0 bridgehead atoms. The highest BCUT2D eigenvalue weighted by atomic mass is 79.9. The van der Waals surface area contributed by atoms with E-state index in [9.17, 15) is 24.6 Å². The van der Waals surface area contributed by atoms with Crippen LogP contribution in [0, 0.1) is 5.92 Å². The summed E-state index contributed by atoms with van der Waals surface area (Å²) in [5.41, 5.74) is 3.47. The van der Waals surface area contributed by atoms with Crippen LogP contribution in [-0.4, -0.2) is 45.5 Å². The van der Waals surface area contributed by atoms with Gasteiger partial charge in [-0.1, -0.05) is 89.6 Å². The van der Waals surface area contributed by atoms with Crippen LogP contribution in [-0.2, 0) is 34.7 Å². The lowest BCUT2D eigenvalue weighted by molar-refractivity contribution is -0.139. The third-order valence-corrected chi connectivity index (χ3v) is 9.58. The standard InChI is InChI=1S/C38H36BrN3O5/c1-25(8-7-13-35(44)41-23-29-12-6-5-11-28(29)20-32(41)24-43)38(47)33-21-30(39)16-19-34(33)42(37(38)46)22-26-14-17-31(18-15-26)40-36(45)27-9-3-2-4-10-27/h2-12,14-19,21,25,32,43,47H,13,20,22-24H2,1H3,(H,40,45)/b8-7+/t25-,32-,38+/m0/s1. The number of aliphatic hydroxyl groups excluding tert-OH is 1. The Hall–Kier alpha value is -4.57. The van der Waals surface area contributed by atoms with Crippen molar-refractivity contribution in [3.05, 3.63) is 142 Å². The van der Waals surface area contributed by atoms with Gasteiger partial charge < -0.3 is 25.3 Å². The van der Waals surface area contributed by atoms with Gasteiger partial charge in [-0.3, -0.25) is 14.4 Å². The molecule has 0 saturated heterocycles. The number of anilines is 2. The molecule has 3 atom stereocenters. The SMILES string of the molecule is C[C@@H](/C=C/CC(=O)N1Cc2ccccc2C[C@H]1CO)[C@]1(O)C(=O)N(Cc2ccc(NC(=O)c3ccccc3)cc2)c2ccc(Br)cc21. The van der Waals surface area contributed by atoms with Gasteiger partial charge in [-0.25, -0.2) is 0 Å². The lowest BCUT2D eigenvalue weighted by Gasteiger charge is -2.36. The molecule has 4 aromatic rings. The van der Waals surface area contributed by atoms with Gasteiger partial charge in [0, 0.05) is 40.2 Å². The number of hydrogen-bond acceptors (Lipinski definition) is 5. The highest BCUT2D eigenvalue weighted by Gasteiger charge is 2.52. The molecule has 0 aromatic heterocycles. The predicted octanol–water partition coefficient (Wildman–Crippen LogP) is 5.96. The number of carbonyl (C=O) groups excluding carboxylic acids is 3. The molecular formula is C38H36BrN3O5. The third-order valence-electron chi connectivity index (χ3n) is 9.08. The van der Waals surface area contributed by atoms with Crippen molar-refractivity contribution in [2.75, 3.05) is 16.8 Å². The zero-order valence-corrected chi connectivity index (χ0v) is 27.6. The van der Waals surface area contributed by atoms with E-state index in [0.29, 0.717) is 35.5 Å². The van der Waals surface area contributed by atoms with E-state index in [2.05, 4.69) is 21.2 Å². The number of fused-ring (bicyclic) bond motifs is 2. The molecule has 0 saturated carbocycles. The van der Waals surface area contributed by atoms with Gasteiger partial charge in [0.1, 0.15) is 0 Å². The van der Waals surface area contributed by atoms with E-state index in [4.69, 9.17) is 0 Å². The van der Waals surface area contributed by atoms with E-state index in [0.717, 1.165) is 21.2 Å². The van der Waals surface area contributed by atoms with E-state index >= 15 is 0 Å². The number of benzene rings is 4. The maximum atomic E-state index is 14.0. The molecule has 47 heavy (non-hydrogen) atoms. The molecule has 8 nitrogen and oxygen atoms in total. The summed E-state index contributed by atoms with van der Waals surface area (Å²) in [4.78, 5) is 43.1. The van der Waals surface area contributed by atoms with Crippen LogP contribution in [0.4, 0.5) is 11.4 Å². The average Bonchev–Trinajstić information content (AvgIpc) is 3.30. The van der Waals surface area contributed by atoms with Crippen LogP contribution in [0.5, 0.6) is 0 Å². The Balaban J connectivity index is 1.16. The van der Waals surface area contributed by atoms with Crippen molar-refractivity contribution in [3.63, 3.8) is 0 Å². The van der Waals surface area contributed by atoms with Crippen LogP contribution in [0.1, 0.15) is 46.0 Å². The van der Waals surface area contributed by atoms with Gasteiger partial charge in [0.2, 0.25) is 5.91 Å². The Labute approximate surface area is 282 Å². The monoisotopic (exact) mass is 693 g/mol. The quantitative estimate of drug-likeness (QED) is 0.187. The van der Waals surface area contributed by atoms with Crippen molar-refractivity contribution >= 4 is 45.0 Å². The van der Waals surface area contributed by atoms with Crippen molar-refractivity contribution in [2.24, 2.45) is 5.92 Å². The minimum Gasteiger partial charge on any atom is -0.394 e. The van der Waals surface area contributed by atoms with Crippen molar-refractivity contribution < 1.29 is 24.6 Å². The summed E-state index contributed by atoms with van der Waals surface area (Å²) in [5, 5.41) is 24.9. The van der Waals surface area contributed by atoms with Crippen molar-refractivity contribution in [1.82, 2.24) is 4.90 Å². The zero-order valence-electron chi connectivity index (χ0n) is 26.0. The van der Waals surface area contributed by atoms with Gasteiger partial charge >= 0.3 is 0 Å². The van der Waals surface area contributed by atoms with Crippen molar-refractivity contribution in [3.8, 4) is 0 Å². The fourth-order valence-electron chi connectivity index (χ4n) is 6.42. The summed E-state index contributed by atoms with van der Waals surface area (Å²) in [6.45, 7) is 2.30. The number of amides is 3. The molecule has 4 aromatic carbocycles. The van der Waals surface area contributed by atoms with Gasteiger partial charge in [0.15, 0.2) is 5.60 Å². The molecular weight excluding hydrogens is 658 g/mol. The van der Waals surface area contributed by atoms with Gasteiger partial charge in [-0.05, 0) is 65.6 Å². The minimum atomic E-state index is -1.85. The predicted molar refractivity (Wildman–Crippen MR) is 185 cm³/mol. The third kappa shape index (κ3) is 6.52. The van der Waals surface area contributed by atoms with E-state index < -0.39 is 17.4 Å². The fraction of sp³-hybridized carbons (Fsp3) is 0.237. The van der Waals surface area contributed by atoms with Gasteiger partial charge in [0.25, 0.3) is 11.8 Å². The molecule has 3 amide bonds. The number of carbonyl (C=O) groups is 3. The lowest BCUT2D eigenvalue weighted by Crippen LogP contribution is -2.46. The minimum absolute atomic E-state index is 0.0789. The lowest BCUT2D eigenvalue weighted by atomic mass is 9.83. The first-order valence-electron chi connectivity index (χ1n) is 15.6. The highest BCUT2D eigenvalue weighted by molar-refractivity contribution is 9.10. The molecule has 0 aliphatic carbocycles. The Bertz CT molecular complexity index is 1830. The molecule has 2 heterocycles. The van der Waals surface area contributed by atoms with Crippen LogP contribution in [0.15, 0.2) is 114 Å². The first-order valence-corrected chi connectivity index (χ1v) is 16.4. The summed E-state index contributed by atoms with van der Waals surface area (Å²) in [7, 11) is 0. The van der Waals surface area contributed by atoms with E-state index in [1.54, 1.807) is 71.3 Å². The number of nitrogens with zero attached hydrogens (tertiary/aromatic N) is 2. The van der Waals surface area contributed by atoms with E-state index in [-0.39, 0.29) is 37.4 Å². The molecule has 0 fully saturated rings. The maximum absolute atomic E-state index is 14.0. The summed E-state index contributed by atoms with van der Waals surface area (Å²) < 4.78 is 0.731. The summed E-state index contributed by atoms with van der Waals surface area (Å²) in [6.07, 6.45) is 4.10. The number of nitrogens with one attached hydrogen (secondary N) is 1. The second-order valence-corrected chi connectivity index (χ2v) is 13.0. The van der Waals surface area contributed by atoms with Crippen LogP contribution < -0.4 is 10.2 Å². The molecule has 6 rings (SSSR count). The second kappa shape index (κ2) is 13.7. The van der Waals surface area contributed by atoms with Gasteiger partial charge in [-0.15, -0.1) is 0 Å². The van der Waals surface area contributed by atoms with Crippen LogP contribution in [0.3, 0.4) is 0 Å². The zero-order chi connectivity index (χ0) is 33.1. The van der Waals surface area contributed by atoms with E-state index in [1.165, 1.54) is 0 Å². The number of hydrogen-bond donors (Lipinski definition) is 3. The largest absolute Gasteiger partial charge is 0.394 e. The number of halogens is 1. The molecule has 3 N–H and O–H groups in total. The van der Waals surface area contributed by atoms with Gasteiger partial charge in [-0.2, -0.15) is 0 Å². The molecule has 0 radical (unpaired) electrons. The average molecular weight is 695 g/mol. The number of aliphatic hydroxyl groups is 2. The Kier molecular flexibility index (Phi) is 9.40. The summed E-state index contributed by atoms with van der Waals surface area (Å²) in [5.74, 6) is -1.44. The van der Waals surface area contributed by atoms with E-state index in [1.807, 2.05) is 54.6 Å².